The molecule has 164 valence electrons. The Labute approximate surface area is 184 Å². The molecule has 0 aliphatic heterocycles. The maximum atomic E-state index is 10.5. The van der Waals surface area contributed by atoms with Gasteiger partial charge in [-0.25, -0.2) is 0 Å². The van der Waals surface area contributed by atoms with Crippen LogP contribution in [0.15, 0.2) is 41.4 Å². The number of aliphatic hydroxyl groups is 1. The van der Waals surface area contributed by atoms with E-state index in [9.17, 15) is 15.1 Å². The molecule has 0 saturated carbocycles. The Kier molecular flexibility index (Phi) is 6.35. The number of hydrogen-bond acceptors (Lipinski definition) is 5. The molecule has 2 aromatic rings. The van der Waals surface area contributed by atoms with Crippen molar-refractivity contribution in [2.75, 3.05) is 0 Å². The lowest BCUT2D eigenvalue weighted by atomic mass is 9.62. The van der Waals surface area contributed by atoms with Crippen molar-refractivity contribution in [2.24, 2.45) is 5.16 Å². The number of pyridine rings is 1. The zero-order valence-electron chi connectivity index (χ0n) is 19.1. The van der Waals surface area contributed by atoms with E-state index in [4.69, 9.17) is 0 Å². The van der Waals surface area contributed by atoms with E-state index in [1.807, 2.05) is 13.0 Å². The first-order valence-electron chi connectivity index (χ1n) is 10.8. The number of carbonyl (C=O) groups excluding carboxylic acids is 1. The molecule has 2 N–H and O–H groups in total. The Morgan fingerprint density at radius 2 is 1.77 bits per heavy atom. The van der Waals surface area contributed by atoms with Crippen LogP contribution in [0.25, 0.3) is 6.08 Å². The molecule has 3 rings (SSSR count). The van der Waals surface area contributed by atoms with E-state index in [0.29, 0.717) is 17.8 Å². The fourth-order valence-electron chi connectivity index (χ4n) is 4.32. The van der Waals surface area contributed by atoms with Crippen LogP contribution in [0.1, 0.15) is 86.9 Å². The number of rotatable bonds is 6. The number of aliphatic hydroxyl groups excluding tert-OH is 1. The summed E-state index contributed by atoms with van der Waals surface area (Å²) in [5.41, 5.74) is 6.45. The minimum Gasteiger partial charge on any atom is -0.512 e. The molecular weight excluding hydrogens is 388 g/mol. The average Bonchev–Trinajstić information content (AvgIpc) is 2.72. The van der Waals surface area contributed by atoms with Crippen molar-refractivity contribution in [1.82, 2.24) is 4.98 Å². The first-order valence-corrected chi connectivity index (χ1v) is 10.8. The fourth-order valence-corrected chi connectivity index (χ4v) is 4.32. The quantitative estimate of drug-likeness (QED) is 0.202. The van der Waals surface area contributed by atoms with Gasteiger partial charge in [0, 0.05) is 24.6 Å². The van der Waals surface area contributed by atoms with Crippen LogP contribution in [0, 0.1) is 6.92 Å². The van der Waals surface area contributed by atoms with Gasteiger partial charge in [-0.15, -0.1) is 0 Å². The van der Waals surface area contributed by atoms with Crippen LogP contribution < -0.4 is 0 Å². The summed E-state index contributed by atoms with van der Waals surface area (Å²) in [4.78, 5) is 14.9. The van der Waals surface area contributed by atoms with Crippen molar-refractivity contribution in [3.63, 3.8) is 0 Å². The van der Waals surface area contributed by atoms with Crippen LogP contribution in [-0.2, 0) is 15.6 Å². The zero-order chi connectivity index (χ0) is 22.8. The summed E-state index contributed by atoms with van der Waals surface area (Å²) >= 11 is 0. The van der Waals surface area contributed by atoms with E-state index >= 15 is 0 Å². The normalized spacial score (nSPS) is 17.8. The highest BCUT2D eigenvalue weighted by molar-refractivity contribution is 6.12. The molecule has 0 fully saturated rings. The van der Waals surface area contributed by atoms with Gasteiger partial charge in [0.25, 0.3) is 0 Å². The molecule has 1 aromatic heterocycles. The van der Waals surface area contributed by atoms with Crippen molar-refractivity contribution in [1.29, 1.82) is 0 Å². The Hall–Kier alpha value is -2.95. The van der Waals surface area contributed by atoms with E-state index in [1.165, 1.54) is 11.1 Å². The van der Waals surface area contributed by atoms with Crippen LogP contribution in [0.2, 0.25) is 0 Å². The Morgan fingerprint density at radius 1 is 1.13 bits per heavy atom. The third-order valence-electron chi connectivity index (χ3n) is 6.43. The standard InChI is InChI=1S/C26H32N2O3/c1-17-13-21-22(26(4,5)11-10-25(21,2)3)15-20(17)24(28-31)23-9-8-18(16-27-23)14-19(30)7-6-12-29/h8-9,12-16,30-31H,6-7,10-11H2,1-5H3/b19-14-,28-24-. The van der Waals surface area contributed by atoms with Crippen LogP contribution in [0.3, 0.4) is 0 Å². The first-order chi connectivity index (χ1) is 14.6. The monoisotopic (exact) mass is 420 g/mol. The molecule has 0 atom stereocenters. The van der Waals surface area contributed by atoms with Gasteiger partial charge in [0.15, 0.2) is 0 Å². The highest BCUT2D eigenvalue weighted by Crippen LogP contribution is 2.46. The van der Waals surface area contributed by atoms with E-state index < -0.39 is 0 Å². The maximum Gasteiger partial charge on any atom is 0.135 e. The molecule has 5 nitrogen and oxygen atoms in total. The second-order valence-corrected chi connectivity index (χ2v) is 9.75. The second kappa shape index (κ2) is 8.66. The van der Waals surface area contributed by atoms with Crippen molar-refractivity contribution in [3.05, 3.63) is 69.7 Å². The summed E-state index contributed by atoms with van der Waals surface area (Å²) in [7, 11) is 0. The summed E-state index contributed by atoms with van der Waals surface area (Å²) in [6.07, 6.45) is 6.81. The second-order valence-electron chi connectivity index (χ2n) is 9.75. The number of carbonyl (C=O) groups is 1. The predicted octanol–water partition coefficient (Wildman–Crippen LogP) is 5.84. The Morgan fingerprint density at radius 3 is 2.32 bits per heavy atom. The highest BCUT2D eigenvalue weighted by Gasteiger charge is 2.37. The number of aromatic nitrogens is 1. The molecule has 1 aromatic carbocycles. The molecule has 0 amide bonds. The summed E-state index contributed by atoms with van der Waals surface area (Å²) in [6, 6.07) is 7.99. The molecule has 1 heterocycles. The smallest absolute Gasteiger partial charge is 0.135 e. The number of oxime groups is 1. The third-order valence-corrected chi connectivity index (χ3v) is 6.43. The minimum absolute atomic E-state index is 0.0506. The molecule has 0 unspecified atom stereocenters. The van der Waals surface area contributed by atoms with Crippen molar-refractivity contribution in [2.45, 2.75) is 71.1 Å². The van der Waals surface area contributed by atoms with Gasteiger partial charge in [-0.2, -0.15) is 0 Å². The molecule has 0 radical (unpaired) electrons. The van der Waals surface area contributed by atoms with E-state index in [-0.39, 0.29) is 23.0 Å². The lowest BCUT2D eigenvalue weighted by Gasteiger charge is -2.42. The molecule has 5 heteroatoms. The summed E-state index contributed by atoms with van der Waals surface area (Å²) in [5, 5.41) is 23.4. The fraction of sp³-hybridized carbons (Fsp3) is 0.423. The summed E-state index contributed by atoms with van der Waals surface area (Å²) < 4.78 is 0. The van der Waals surface area contributed by atoms with Crippen molar-refractivity contribution < 1.29 is 15.1 Å². The van der Waals surface area contributed by atoms with Crippen LogP contribution >= 0.6 is 0 Å². The number of aldehydes is 1. The third kappa shape index (κ3) is 4.71. The van der Waals surface area contributed by atoms with Gasteiger partial charge in [-0.05, 0) is 71.1 Å². The maximum absolute atomic E-state index is 10.5. The molecule has 1 aliphatic rings. The van der Waals surface area contributed by atoms with Crippen molar-refractivity contribution in [3.8, 4) is 0 Å². The van der Waals surface area contributed by atoms with Crippen LogP contribution in [-0.4, -0.2) is 27.3 Å². The SMILES string of the molecule is Cc1cc2c(cc1/C(=N/O)c1ccc(/C=C(\O)CCC=O)cn1)C(C)(C)CCC2(C)C. The lowest BCUT2D eigenvalue weighted by molar-refractivity contribution is -0.107. The lowest BCUT2D eigenvalue weighted by Crippen LogP contribution is -2.34. The molecule has 1 aliphatic carbocycles. The summed E-state index contributed by atoms with van der Waals surface area (Å²) in [5.74, 6) is 0.132. The highest BCUT2D eigenvalue weighted by atomic mass is 16.4. The number of aryl methyl sites for hydroxylation is 1. The van der Waals surface area contributed by atoms with Gasteiger partial charge in [-0.1, -0.05) is 45.0 Å². The Bertz CT molecular complexity index is 1030. The Balaban J connectivity index is 1.99. The zero-order valence-corrected chi connectivity index (χ0v) is 19.1. The van der Waals surface area contributed by atoms with Gasteiger partial charge in [0.2, 0.25) is 0 Å². The predicted molar refractivity (Wildman–Crippen MR) is 124 cm³/mol. The van der Waals surface area contributed by atoms with E-state index in [1.54, 1.807) is 18.3 Å². The van der Waals surface area contributed by atoms with Gasteiger partial charge < -0.3 is 15.1 Å². The van der Waals surface area contributed by atoms with Gasteiger partial charge >= 0.3 is 0 Å². The molecular formula is C26H32N2O3. The van der Waals surface area contributed by atoms with Gasteiger partial charge in [-0.3, -0.25) is 4.98 Å². The number of fused-ring (bicyclic) bond motifs is 1. The first kappa shape index (κ1) is 22.7. The molecule has 31 heavy (non-hydrogen) atoms. The molecule has 0 saturated heterocycles. The average molecular weight is 421 g/mol. The minimum atomic E-state index is 0.0506. The topological polar surface area (TPSA) is 82.8 Å². The molecule has 0 bridgehead atoms. The number of hydrogen-bond donors (Lipinski definition) is 2. The number of benzene rings is 1. The summed E-state index contributed by atoms with van der Waals surface area (Å²) in [6.45, 7) is 11.2. The van der Waals surface area contributed by atoms with Crippen LogP contribution in [0.4, 0.5) is 0 Å². The largest absolute Gasteiger partial charge is 0.512 e. The van der Waals surface area contributed by atoms with Crippen LogP contribution in [0.5, 0.6) is 0 Å². The van der Waals surface area contributed by atoms with Crippen molar-refractivity contribution >= 4 is 18.1 Å². The number of nitrogens with zero attached hydrogens (tertiary/aromatic N) is 2. The number of allylic oxidation sites excluding steroid dienone is 1. The van der Waals surface area contributed by atoms with E-state index in [0.717, 1.165) is 35.8 Å². The van der Waals surface area contributed by atoms with E-state index in [2.05, 4.69) is 50.0 Å². The van der Waals surface area contributed by atoms with Gasteiger partial charge in [0.05, 0.1) is 11.5 Å². The van der Waals surface area contributed by atoms with Gasteiger partial charge in [0.1, 0.15) is 12.0 Å². The molecule has 0 spiro atoms.